The van der Waals surface area contributed by atoms with Crippen molar-refractivity contribution in [2.24, 2.45) is 0 Å². The predicted octanol–water partition coefficient (Wildman–Crippen LogP) is 2.70. The van der Waals surface area contributed by atoms with E-state index in [2.05, 4.69) is 0 Å². The number of carbonyl (C=O) groups excluding carboxylic acids is 1. The highest BCUT2D eigenvalue weighted by atomic mass is 19.1. The largest absolute Gasteiger partial charge is 0.459 e. The number of rotatable bonds is 2. The Labute approximate surface area is 82.7 Å². The van der Waals surface area contributed by atoms with E-state index in [1.807, 2.05) is 0 Å². The molecule has 0 saturated heterocycles. The van der Waals surface area contributed by atoms with E-state index in [1.54, 1.807) is 26.8 Å². The Bertz CT molecular complexity index is 345. The summed E-state index contributed by atoms with van der Waals surface area (Å²) in [7, 11) is 0. The average molecular weight is 196 g/mol. The fourth-order valence-electron chi connectivity index (χ4n) is 1.06. The lowest BCUT2D eigenvalue weighted by atomic mass is 10.1. The molecule has 1 aromatic rings. The lowest BCUT2D eigenvalue weighted by Crippen LogP contribution is -2.13. The van der Waals surface area contributed by atoms with Crippen LogP contribution in [-0.4, -0.2) is 12.1 Å². The molecule has 0 bridgehead atoms. The number of hydrogen-bond acceptors (Lipinski definition) is 2. The molecule has 76 valence electrons. The second kappa shape index (κ2) is 4.22. The number of carbonyl (C=O) groups is 1. The maximum atomic E-state index is 13.3. The predicted molar refractivity (Wildman–Crippen MR) is 51.7 cm³/mol. The molecular weight excluding hydrogens is 183 g/mol. The quantitative estimate of drug-likeness (QED) is 0.680. The summed E-state index contributed by atoms with van der Waals surface area (Å²) in [5, 5.41) is 0. The molecule has 0 spiro atoms. The number of esters is 1. The van der Waals surface area contributed by atoms with E-state index in [0.29, 0.717) is 0 Å². The second-order valence-corrected chi connectivity index (χ2v) is 3.44. The molecule has 0 aliphatic carbocycles. The van der Waals surface area contributed by atoms with E-state index in [4.69, 9.17) is 4.74 Å². The highest BCUT2D eigenvalue weighted by molar-refractivity contribution is 5.89. The summed E-state index contributed by atoms with van der Waals surface area (Å²) < 4.78 is 18.1. The van der Waals surface area contributed by atoms with Crippen molar-refractivity contribution in [2.45, 2.75) is 26.9 Å². The van der Waals surface area contributed by atoms with Crippen LogP contribution in [0.4, 0.5) is 4.39 Å². The van der Waals surface area contributed by atoms with E-state index in [-0.39, 0.29) is 11.7 Å². The summed E-state index contributed by atoms with van der Waals surface area (Å²) in [6.45, 7) is 5.22. The minimum atomic E-state index is -0.613. The average Bonchev–Trinajstić information content (AvgIpc) is 2.01. The fourth-order valence-corrected chi connectivity index (χ4v) is 1.06. The van der Waals surface area contributed by atoms with Gasteiger partial charge in [-0.2, -0.15) is 0 Å². The normalized spacial score (nSPS) is 10.4. The van der Waals surface area contributed by atoms with Crippen LogP contribution in [0.5, 0.6) is 0 Å². The SMILES string of the molecule is Cc1ccc(C(=O)OC(C)C)c(F)c1. The van der Waals surface area contributed by atoms with Crippen molar-refractivity contribution < 1.29 is 13.9 Å². The maximum Gasteiger partial charge on any atom is 0.341 e. The number of halogens is 1. The van der Waals surface area contributed by atoms with Gasteiger partial charge in [0.1, 0.15) is 5.82 Å². The summed E-state index contributed by atoms with van der Waals surface area (Å²) in [4.78, 5) is 11.3. The van der Waals surface area contributed by atoms with E-state index >= 15 is 0 Å². The van der Waals surface area contributed by atoms with Gasteiger partial charge in [-0.1, -0.05) is 6.07 Å². The summed E-state index contributed by atoms with van der Waals surface area (Å²) >= 11 is 0. The van der Waals surface area contributed by atoms with Crippen molar-refractivity contribution in [2.75, 3.05) is 0 Å². The van der Waals surface area contributed by atoms with Crippen LogP contribution in [0.1, 0.15) is 29.8 Å². The van der Waals surface area contributed by atoms with Crippen LogP contribution >= 0.6 is 0 Å². The fraction of sp³-hybridized carbons (Fsp3) is 0.364. The van der Waals surface area contributed by atoms with Gasteiger partial charge in [0.25, 0.3) is 0 Å². The molecule has 0 unspecified atom stereocenters. The summed E-state index contributed by atoms with van der Waals surface area (Å²) in [6, 6.07) is 4.44. The standard InChI is InChI=1S/C11H13FO2/c1-7(2)14-11(13)9-5-4-8(3)6-10(9)12/h4-7H,1-3H3. The second-order valence-electron chi connectivity index (χ2n) is 3.44. The van der Waals surface area contributed by atoms with Crippen molar-refractivity contribution in [1.82, 2.24) is 0 Å². The molecule has 14 heavy (non-hydrogen) atoms. The molecule has 3 heteroatoms. The number of benzene rings is 1. The molecule has 0 aliphatic heterocycles. The van der Waals surface area contributed by atoms with E-state index in [9.17, 15) is 9.18 Å². The summed E-state index contributed by atoms with van der Waals surface area (Å²) in [5.41, 5.74) is 0.771. The molecule has 0 aromatic heterocycles. The van der Waals surface area contributed by atoms with Crippen molar-refractivity contribution in [1.29, 1.82) is 0 Å². The molecular formula is C11H13FO2. The lowest BCUT2D eigenvalue weighted by Gasteiger charge is -2.08. The first-order valence-electron chi connectivity index (χ1n) is 4.48. The molecule has 1 aromatic carbocycles. The van der Waals surface area contributed by atoms with Gasteiger partial charge in [-0.15, -0.1) is 0 Å². The van der Waals surface area contributed by atoms with Gasteiger partial charge in [0, 0.05) is 0 Å². The van der Waals surface area contributed by atoms with E-state index in [1.165, 1.54) is 12.1 Å². The van der Waals surface area contributed by atoms with Crippen LogP contribution in [0, 0.1) is 12.7 Å². The zero-order valence-electron chi connectivity index (χ0n) is 8.50. The van der Waals surface area contributed by atoms with Crippen molar-refractivity contribution in [3.8, 4) is 0 Å². The molecule has 0 radical (unpaired) electrons. The van der Waals surface area contributed by atoms with Gasteiger partial charge in [0.2, 0.25) is 0 Å². The molecule has 0 amide bonds. The van der Waals surface area contributed by atoms with E-state index in [0.717, 1.165) is 5.56 Å². The number of ether oxygens (including phenoxy) is 1. The first kappa shape index (κ1) is 10.7. The van der Waals surface area contributed by atoms with Crippen LogP contribution < -0.4 is 0 Å². The highest BCUT2D eigenvalue weighted by Gasteiger charge is 2.13. The first-order valence-corrected chi connectivity index (χ1v) is 4.48. The van der Waals surface area contributed by atoms with Crippen molar-refractivity contribution in [3.63, 3.8) is 0 Å². The zero-order valence-corrected chi connectivity index (χ0v) is 8.50. The zero-order chi connectivity index (χ0) is 10.7. The van der Waals surface area contributed by atoms with Crippen LogP contribution in [0.2, 0.25) is 0 Å². The lowest BCUT2D eigenvalue weighted by molar-refractivity contribution is 0.0372. The van der Waals surface area contributed by atoms with Crippen LogP contribution in [0.25, 0.3) is 0 Å². The molecule has 0 fully saturated rings. The molecule has 1 rings (SSSR count). The Kier molecular flexibility index (Phi) is 3.23. The Balaban J connectivity index is 2.90. The maximum absolute atomic E-state index is 13.3. The van der Waals surface area contributed by atoms with Gasteiger partial charge in [0.15, 0.2) is 0 Å². The monoisotopic (exact) mass is 196 g/mol. The Morgan fingerprint density at radius 3 is 2.57 bits per heavy atom. The minimum absolute atomic E-state index is 0.00991. The number of hydrogen-bond donors (Lipinski definition) is 0. The first-order chi connectivity index (χ1) is 6.50. The van der Waals surface area contributed by atoms with Gasteiger partial charge in [-0.3, -0.25) is 0 Å². The smallest absolute Gasteiger partial charge is 0.341 e. The van der Waals surface area contributed by atoms with Gasteiger partial charge in [-0.05, 0) is 38.5 Å². The third-order valence-electron chi connectivity index (χ3n) is 1.69. The summed E-state index contributed by atoms with van der Waals surface area (Å²) in [5.74, 6) is -1.15. The Morgan fingerprint density at radius 1 is 1.43 bits per heavy atom. The van der Waals surface area contributed by atoms with Crippen LogP contribution in [-0.2, 0) is 4.74 Å². The molecule has 0 N–H and O–H groups in total. The minimum Gasteiger partial charge on any atom is -0.459 e. The Hall–Kier alpha value is -1.38. The Morgan fingerprint density at radius 2 is 2.07 bits per heavy atom. The third kappa shape index (κ3) is 2.55. The molecule has 2 nitrogen and oxygen atoms in total. The molecule has 0 atom stereocenters. The topological polar surface area (TPSA) is 26.3 Å². The summed E-state index contributed by atoms with van der Waals surface area (Å²) in [6.07, 6.45) is -0.233. The number of aryl methyl sites for hydroxylation is 1. The van der Waals surface area contributed by atoms with E-state index < -0.39 is 11.8 Å². The van der Waals surface area contributed by atoms with Crippen molar-refractivity contribution >= 4 is 5.97 Å². The van der Waals surface area contributed by atoms with Gasteiger partial charge >= 0.3 is 5.97 Å². The van der Waals surface area contributed by atoms with Gasteiger partial charge in [0.05, 0.1) is 11.7 Å². The van der Waals surface area contributed by atoms with Crippen LogP contribution in [0.3, 0.4) is 0 Å². The molecule has 0 saturated carbocycles. The van der Waals surface area contributed by atoms with Gasteiger partial charge in [-0.25, -0.2) is 9.18 Å². The van der Waals surface area contributed by atoms with Crippen LogP contribution in [0.15, 0.2) is 18.2 Å². The highest BCUT2D eigenvalue weighted by Crippen LogP contribution is 2.11. The van der Waals surface area contributed by atoms with Gasteiger partial charge < -0.3 is 4.74 Å². The molecule has 0 aliphatic rings. The van der Waals surface area contributed by atoms with Crippen molar-refractivity contribution in [3.05, 3.63) is 35.1 Å². The third-order valence-corrected chi connectivity index (χ3v) is 1.69. The molecule has 0 heterocycles.